The van der Waals surface area contributed by atoms with Crippen LogP contribution < -0.4 is 5.32 Å². The summed E-state index contributed by atoms with van der Waals surface area (Å²) >= 11 is 0. The quantitative estimate of drug-likeness (QED) is 0.821. The zero-order valence-corrected chi connectivity index (χ0v) is 10.6. The van der Waals surface area contributed by atoms with Crippen LogP contribution in [0.25, 0.3) is 0 Å². The summed E-state index contributed by atoms with van der Waals surface area (Å²) < 4.78 is 5.15. The number of hydrogen-bond acceptors (Lipinski definition) is 3. The first-order chi connectivity index (χ1) is 8.79. The lowest BCUT2D eigenvalue weighted by Crippen LogP contribution is -2.23. The van der Waals surface area contributed by atoms with Gasteiger partial charge in [-0.1, -0.05) is 19.1 Å². The van der Waals surface area contributed by atoms with E-state index in [1.165, 1.54) is 0 Å². The Balaban J connectivity index is 2.10. The third-order valence-electron chi connectivity index (χ3n) is 2.94. The molecule has 3 nitrogen and oxygen atoms in total. The molecule has 1 atom stereocenters. The van der Waals surface area contributed by atoms with Crippen LogP contribution in [0.5, 0.6) is 5.75 Å². The van der Waals surface area contributed by atoms with Crippen LogP contribution in [0.1, 0.15) is 30.5 Å². The van der Waals surface area contributed by atoms with Crippen LogP contribution in [0, 0.1) is 0 Å². The molecule has 1 aromatic carbocycles. The number of benzene rings is 1. The van der Waals surface area contributed by atoms with E-state index in [0.29, 0.717) is 5.75 Å². The highest BCUT2D eigenvalue weighted by atomic mass is 16.3. The van der Waals surface area contributed by atoms with Crippen molar-refractivity contribution in [1.82, 2.24) is 5.32 Å². The molecule has 1 heterocycles. The van der Waals surface area contributed by atoms with Crippen molar-refractivity contribution in [3.8, 4) is 5.75 Å². The van der Waals surface area contributed by atoms with Gasteiger partial charge in [-0.05, 0) is 43.1 Å². The molecular formula is C15H19NO2. The van der Waals surface area contributed by atoms with Crippen molar-refractivity contribution in [2.45, 2.75) is 25.8 Å². The summed E-state index contributed by atoms with van der Waals surface area (Å²) in [6.07, 6.45) is 5.40. The van der Waals surface area contributed by atoms with Crippen molar-refractivity contribution in [2.75, 3.05) is 6.54 Å². The molecule has 1 aromatic heterocycles. The van der Waals surface area contributed by atoms with E-state index >= 15 is 0 Å². The van der Waals surface area contributed by atoms with Gasteiger partial charge in [0.1, 0.15) is 5.75 Å². The van der Waals surface area contributed by atoms with Crippen molar-refractivity contribution in [1.29, 1.82) is 0 Å². The standard InChI is InChI=1S/C15H19NO2/c1-2-7-16-15(13-6-8-18-11-13)10-12-4-3-5-14(17)9-12/h3-6,8-9,11,15-17H,2,7,10H2,1H3. The van der Waals surface area contributed by atoms with Gasteiger partial charge in [0.15, 0.2) is 0 Å². The van der Waals surface area contributed by atoms with Gasteiger partial charge in [0.25, 0.3) is 0 Å². The van der Waals surface area contributed by atoms with Gasteiger partial charge in [0.2, 0.25) is 0 Å². The molecule has 0 aliphatic rings. The van der Waals surface area contributed by atoms with Crippen LogP contribution in [0.2, 0.25) is 0 Å². The zero-order valence-electron chi connectivity index (χ0n) is 10.6. The Morgan fingerprint density at radius 3 is 2.89 bits per heavy atom. The highest BCUT2D eigenvalue weighted by Gasteiger charge is 2.12. The van der Waals surface area contributed by atoms with Crippen molar-refractivity contribution in [3.63, 3.8) is 0 Å². The summed E-state index contributed by atoms with van der Waals surface area (Å²) in [5, 5.41) is 13.0. The highest BCUT2D eigenvalue weighted by molar-refractivity contribution is 5.29. The number of aromatic hydroxyl groups is 1. The lowest BCUT2D eigenvalue weighted by Gasteiger charge is -2.17. The molecule has 0 aliphatic carbocycles. The van der Waals surface area contributed by atoms with Crippen LogP contribution in [0.4, 0.5) is 0 Å². The molecule has 0 saturated carbocycles. The maximum Gasteiger partial charge on any atom is 0.115 e. The van der Waals surface area contributed by atoms with Crippen molar-refractivity contribution in [2.24, 2.45) is 0 Å². The number of nitrogens with one attached hydrogen (secondary N) is 1. The minimum absolute atomic E-state index is 0.227. The molecule has 18 heavy (non-hydrogen) atoms. The van der Waals surface area contributed by atoms with Crippen LogP contribution in [0.15, 0.2) is 47.3 Å². The van der Waals surface area contributed by atoms with Crippen molar-refractivity contribution >= 4 is 0 Å². The van der Waals surface area contributed by atoms with Gasteiger partial charge in [0, 0.05) is 11.6 Å². The van der Waals surface area contributed by atoms with Crippen molar-refractivity contribution in [3.05, 3.63) is 54.0 Å². The zero-order chi connectivity index (χ0) is 12.8. The largest absolute Gasteiger partial charge is 0.508 e. The van der Waals surface area contributed by atoms with E-state index in [0.717, 1.165) is 30.5 Å². The van der Waals surface area contributed by atoms with Gasteiger partial charge in [-0.2, -0.15) is 0 Å². The molecule has 2 rings (SSSR count). The first-order valence-electron chi connectivity index (χ1n) is 6.33. The molecule has 0 spiro atoms. The second kappa shape index (κ2) is 6.26. The number of phenolic OH excluding ortho intramolecular Hbond substituents is 1. The Hall–Kier alpha value is -1.74. The topological polar surface area (TPSA) is 45.4 Å². The summed E-state index contributed by atoms with van der Waals surface area (Å²) in [6, 6.07) is 9.61. The van der Waals surface area contributed by atoms with E-state index in [1.807, 2.05) is 18.2 Å². The lowest BCUT2D eigenvalue weighted by molar-refractivity contribution is 0.472. The fraction of sp³-hybridized carbons (Fsp3) is 0.333. The van der Waals surface area contributed by atoms with E-state index < -0.39 is 0 Å². The SMILES string of the molecule is CCCNC(Cc1cccc(O)c1)c1ccoc1. The summed E-state index contributed by atoms with van der Waals surface area (Å²) in [5.41, 5.74) is 2.26. The highest BCUT2D eigenvalue weighted by Crippen LogP contribution is 2.21. The molecular weight excluding hydrogens is 226 g/mol. The third kappa shape index (κ3) is 3.37. The maximum absolute atomic E-state index is 9.49. The average Bonchev–Trinajstić information content (AvgIpc) is 2.88. The molecule has 0 aliphatic heterocycles. The van der Waals surface area contributed by atoms with E-state index in [9.17, 15) is 5.11 Å². The second-order valence-corrected chi connectivity index (χ2v) is 4.44. The first kappa shape index (κ1) is 12.7. The molecule has 2 N–H and O–H groups in total. The normalized spacial score (nSPS) is 12.5. The van der Waals surface area contributed by atoms with Crippen molar-refractivity contribution < 1.29 is 9.52 Å². The Kier molecular flexibility index (Phi) is 4.42. The molecule has 0 amide bonds. The van der Waals surface area contributed by atoms with Gasteiger partial charge in [-0.3, -0.25) is 0 Å². The number of rotatable bonds is 6. The summed E-state index contributed by atoms with van der Waals surface area (Å²) in [5.74, 6) is 0.314. The van der Waals surface area contributed by atoms with Crippen LogP contribution in [-0.2, 0) is 6.42 Å². The lowest BCUT2D eigenvalue weighted by atomic mass is 10.0. The smallest absolute Gasteiger partial charge is 0.115 e. The van der Waals surface area contributed by atoms with Gasteiger partial charge in [0.05, 0.1) is 12.5 Å². The Bertz CT molecular complexity index is 465. The van der Waals surface area contributed by atoms with Gasteiger partial charge in [-0.25, -0.2) is 0 Å². The summed E-state index contributed by atoms with van der Waals surface area (Å²) in [7, 11) is 0. The maximum atomic E-state index is 9.49. The van der Waals surface area contributed by atoms with E-state index in [2.05, 4.69) is 12.2 Å². The summed E-state index contributed by atoms with van der Waals surface area (Å²) in [4.78, 5) is 0. The predicted octanol–water partition coefficient (Wildman–Crippen LogP) is 3.27. The number of phenols is 1. The summed E-state index contributed by atoms with van der Waals surface area (Å²) in [6.45, 7) is 3.11. The number of furan rings is 1. The monoisotopic (exact) mass is 245 g/mol. The van der Waals surface area contributed by atoms with Crippen LogP contribution in [-0.4, -0.2) is 11.7 Å². The molecule has 0 bridgehead atoms. The average molecular weight is 245 g/mol. The molecule has 0 radical (unpaired) electrons. The minimum Gasteiger partial charge on any atom is -0.508 e. The molecule has 3 heteroatoms. The van der Waals surface area contributed by atoms with E-state index in [1.54, 1.807) is 24.7 Å². The first-order valence-corrected chi connectivity index (χ1v) is 6.33. The molecule has 0 saturated heterocycles. The fourth-order valence-corrected chi connectivity index (χ4v) is 2.02. The molecule has 2 aromatic rings. The van der Waals surface area contributed by atoms with Gasteiger partial charge >= 0.3 is 0 Å². The Morgan fingerprint density at radius 2 is 2.22 bits per heavy atom. The second-order valence-electron chi connectivity index (χ2n) is 4.44. The third-order valence-corrected chi connectivity index (χ3v) is 2.94. The number of hydrogen-bond donors (Lipinski definition) is 2. The van der Waals surface area contributed by atoms with E-state index in [-0.39, 0.29) is 6.04 Å². The Morgan fingerprint density at radius 1 is 1.33 bits per heavy atom. The molecule has 1 unspecified atom stereocenters. The van der Waals surface area contributed by atoms with Crippen LogP contribution in [0.3, 0.4) is 0 Å². The predicted molar refractivity (Wildman–Crippen MR) is 71.6 cm³/mol. The fourth-order valence-electron chi connectivity index (χ4n) is 2.02. The van der Waals surface area contributed by atoms with E-state index in [4.69, 9.17) is 4.42 Å². The van der Waals surface area contributed by atoms with Gasteiger partial charge in [-0.15, -0.1) is 0 Å². The Labute approximate surface area is 107 Å². The van der Waals surface area contributed by atoms with Gasteiger partial charge < -0.3 is 14.8 Å². The minimum atomic E-state index is 0.227. The van der Waals surface area contributed by atoms with Crippen LogP contribution >= 0.6 is 0 Å². The molecule has 0 fully saturated rings. The molecule has 96 valence electrons.